The zero-order chi connectivity index (χ0) is 56.0. The third kappa shape index (κ3) is 10.3. The highest BCUT2D eigenvalue weighted by atomic mass is 16.8. The van der Waals surface area contributed by atoms with E-state index >= 15 is 0 Å². The lowest BCUT2D eigenvalue weighted by Gasteiger charge is -2.64. The average Bonchev–Trinajstić information content (AvgIpc) is 3.83. The van der Waals surface area contributed by atoms with Gasteiger partial charge in [-0.3, -0.25) is 4.79 Å². The van der Waals surface area contributed by atoms with Gasteiger partial charge in [-0.1, -0.05) is 19.9 Å². The maximum Gasteiger partial charge on any atom is 0.314 e. The number of fused-ring (bicyclic) bond motifs is 3. The smallest absolute Gasteiger partial charge is 0.314 e. The van der Waals surface area contributed by atoms with E-state index in [4.69, 9.17) is 47.4 Å². The molecule has 0 aromatic carbocycles. The fourth-order valence-corrected chi connectivity index (χ4v) is 14.9. The minimum Gasteiger partial charge on any atom is -0.432 e. The van der Waals surface area contributed by atoms with Gasteiger partial charge in [0.15, 0.2) is 25.2 Å². The van der Waals surface area contributed by atoms with E-state index in [2.05, 4.69) is 13.5 Å². The van der Waals surface area contributed by atoms with Crippen LogP contribution in [-0.2, 0) is 52.2 Å². The Morgan fingerprint density at radius 3 is 1.55 bits per heavy atom. The zero-order valence-electron chi connectivity index (χ0n) is 43.1. The number of carbonyl (C=O) groups excluding carboxylic acids is 1. The Hall–Kier alpha value is -1.79. The summed E-state index contributed by atoms with van der Waals surface area (Å²) in [4.78, 5) is 14.4. The van der Waals surface area contributed by atoms with Crippen molar-refractivity contribution in [1.29, 1.82) is 0 Å². The topological polar surface area (TPSA) is 433 Å². The molecule has 77 heavy (non-hydrogen) atoms. The van der Waals surface area contributed by atoms with Crippen LogP contribution in [0, 0.1) is 28.1 Å². The molecule has 9 aliphatic rings. The van der Waals surface area contributed by atoms with Gasteiger partial charge in [-0.2, -0.15) is 0 Å². The summed E-state index contributed by atoms with van der Waals surface area (Å²) in [6.45, 7) is 6.71. The predicted octanol–water partition coefficient (Wildman–Crippen LogP) is -6.26. The molecule has 4 aliphatic carbocycles. The summed E-state index contributed by atoms with van der Waals surface area (Å²) in [5, 5.41) is 171. The van der Waals surface area contributed by atoms with Gasteiger partial charge in [-0.15, -0.1) is 0 Å². The van der Waals surface area contributed by atoms with E-state index in [0.29, 0.717) is 56.9 Å². The molecule has 442 valence electrons. The first-order valence-electron chi connectivity index (χ1n) is 26.7. The normalized spacial score (nSPS) is 55.1. The first-order valence-corrected chi connectivity index (χ1v) is 26.7. The molecule has 2 bridgehead atoms. The largest absolute Gasteiger partial charge is 0.432 e. The van der Waals surface area contributed by atoms with Crippen LogP contribution in [0.3, 0.4) is 0 Å². The van der Waals surface area contributed by atoms with E-state index in [1.54, 1.807) is 0 Å². The molecule has 0 amide bonds. The van der Waals surface area contributed by atoms with Crippen molar-refractivity contribution in [1.82, 2.24) is 0 Å². The summed E-state index contributed by atoms with van der Waals surface area (Å²) < 4.78 is 60.6. The van der Waals surface area contributed by atoms with Gasteiger partial charge in [-0.05, 0) is 93.5 Å². The van der Waals surface area contributed by atoms with Crippen LogP contribution < -0.4 is 0 Å². The maximum atomic E-state index is 14.4. The van der Waals surface area contributed by atoms with Crippen LogP contribution in [0.25, 0.3) is 0 Å². The number of aliphatic hydroxyl groups excluding tert-OH is 16. The molecule has 0 aromatic rings. The summed E-state index contributed by atoms with van der Waals surface area (Å²) in [7, 11) is 0. The highest BCUT2D eigenvalue weighted by molar-refractivity contribution is 5.77. The van der Waals surface area contributed by atoms with Gasteiger partial charge in [0.2, 0.25) is 6.29 Å². The predicted molar refractivity (Wildman–Crippen MR) is 250 cm³/mol. The third-order valence-electron chi connectivity index (χ3n) is 19.2. The Balaban J connectivity index is 0.996. The van der Waals surface area contributed by atoms with Crippen LogP contribution in [-0.4, -0.2) is 273 Å². The summed E-state index contributed by atoms with van der Waals surface area (Å²) >= 11 is 0. The molecular formula is C50H80O27. The molecule has 0 radical (unpaired) electrons. The standard InChI is InChI=1S/C50H80O27/c1-18-12-49-10-6-24-47(3,8-5-9-48(24,4)46(67)76-43-36(65)33(62)29(58)22(15-53)71-43)25(49)7-11-50(18,17-49)77-45-40(39(30(59)23(16-54)72-45)74-42-35(64)32(61)28(57)21(14-52)70-42)75-44-37(66)38(26(55)19(2)68-44)73-41-34(63)31(60)27(56)20(13-51)69-41/h19-45,51-66H,1,5-17H2,2-4H3. The SMILES string of the molecule is C=C1CC23CCC4C(C)(C(=O)OC5OC(CO)C(O)C(O)C5O)CCCC4(C)C2CCC1(OC1OC(CO)C(O)C(OC2OC(CO)C(O)C(O)C2O)C1OC1OC(C)C(O)C(OC2OC(CO)C(O)C(O)C2O)C1O)C3. The molecule has 0 aromatic heterocycles. The van der Waals surface area contributed by atoms with Crippen molar-refractivity contribution in [3.63, 3.8) is 0 Å². The van der Waals surface area contributed by atoms with E-state index in [0.717, 1.165) is 6.42 Å². The minimum absolute atomic E-state index is 0.0163. The van der Waals surface area contributed by atoms with Crippen LogP contribution in [0.4, 0.5) is 0 Å². The monoisotopic (exact) mass is 1110 g/mol. The van der Waals surface area contributed by atoms with E-state index < -0.39 is 208 Å². The van der Waals surface area contributed by atoms with E-state index in [1.165, 1.54) is 6.92 Å². The van der Waals surface area contributed by atoms with Gasteiger partial charge in [0.1, 0.15) is 116 Å². The molecule has 31 atom stereocenters. The first kappa shape index (κ1) is 59.8. The van der Waals surface area contributed by atoms with Crippen molar-refractivity contribution in [3.8, 4) is 0 Å². The number of hydrogen-bond donors (Lipinski definition) is 16. The van der Waals surface area contributed by atoms with Crippen LogP contribution in [0.15, 0.2) is 12.2 Å². The van der Waals surface area contributed by atoms with Gasteiger partial charge in [0.05, 0.1) is 43.5 Å². The highest BCUT2D eigenvalue weighted by Crippen LogP contribution is 2.74. The Bertz CT molecular complexity index is 2050. The van der Waals surface area contributed by atoms with Crippen molar-refractivity contribution < 1.29 is 134 Å². The third-order valence-corrected chi connectivity index (χ3v) is 19.2. The number of rotatable bonds is 14. The number of ether oxygens (including phenoxy) is 10. The first-order chi connectivity index (χ1) is 36.3. The van der Waals surface area contributed by atoms with Gasteiger partial charge in [0, 0.05) is 0 Å². The lowest BCUT2D eigenvalue weighted by molar-refractivity contribution is -0.405. The molecule has 9 rings (SSSR count). The molecule has 5 heterocycles. The molecule has 1 spiro atoms. The van der Waals surface area contributed by atoms with Gasteiger partial charge >= 0.3 is 5.97 Å². The summed E-state index contributed by atoms with van der Waals surface area (Å²) in [6, 6.07) is 0. The average molecular weight is 1110 g/mol. The fourth-order valence-electron chi connectivity index (χ4n) is 14.9. The van der Waals surface area contributed by atoms with E-state index in [9.17, 15) is 86.5 Å². The minimum atomic E-state index is -2.03. The second-order valence-corrected chi connectivity index (χ2v) is 23.6. The number of aliphatic hydroxyl groups is 16. The maximum absolute atomic E-state index is 14.4. The van der Waals surface area contributed by atoms with E-state index in [1.807, 2.05) is 6.92 Å². The number of esters is 1. The number of carbonyl (C=O) groups is 1. The second kappa shape index (κ2) is 22.8. The van der Waals surface area contributed by atoms with Gasteiger partial charge < -0.3 is 129 Å². The van der Waals surface area contributed by atoms with Crippen LogP contribution in [0.1, 0.15) is 78.6 Å². The molecule has 27 nitrogen and oxygen atoms in total. The zero-order valence-corrected chi connectivity index (χ0v) is 43.1. The molecule has 9 fully saturated rings. The summed E-state index contributed by atoms with van der Waals surface area (Å²) in [5.41, 5.74) is -2.54. The van der Waals surface area contributed by atoms with Crippen molar-refractivity contribution >= 4 is 5.97 Å². The van der Waals surface area contributed by atoms with E-state index in [-0.39, 0.29) is 11.8 Å². The lowest BCUT2D eigenvalue weighted by atomic mass is 9.41. The molecule has 27 heteroatoms. The second-order valence-electron chi connectivity index (χ2n) is 23.6. The molecule has 5 saturated heterocycles. The number of hydrogen-bond acceptors (Lipinski definition) is 27. The quantitative estimate of drug-likeness (QED) is 0.0437. The van der Waals surface area contributed by atoms with Gasteiger partial charge in [0.25, 0.3) is 0 Å². The Morgan fingerprint density at radius 1 is 0.519 bits per heavy atom. The Labute approximate surface area is 443 Å². The Morgan fingerprint density at radius 2 is 0.987 bits per heavy atom. The molecule has 4 saturated carbocycles. The molecule has 31 unspecified atom stereocenters. The molecule has 5 aliphatic heterocycles. The molecular weight excluding hydrogens is 1030 g/mol. The summed E-state index contributed by atoms with van der Waals surface area (Å²) in [6.07, 6.45) is -38.7. The summed E-state index contributed by atoms with van der Waals surface area (Å²) in [5.74, 6) is -0.901. The van der Waals surface area contributed by atoms with Crippen molar-refractivity contribution in [2.75, 3.05) is 26.4 Å². The fraction of sp³-hybridized carbons (Fsp3) is 0.940. The van der Waals surface area contributed by atoms with Gasteiger partial charge in [-0.25, -0.2) is 0 Å². The molecule has 16 N–H and O–H groups in total. The lowest BCUT2D eigenvalue weighted by Crippen LogP contribution is -2.68. The highest BCUT2D eigenvalue weighted by Gasteiger charge is 2.70. The Kier molecular flexibility index (Phi) is 17.7. The van der Waals surface area contributed by atoms with Crippen molar-refractivity contribution in [3.05, 3.63) is 12.2 Å². The van der Waals surface area contributed by atoms with Crippen LogP contribution >= 0.6 is 0 Å². The van der Waals surface area contributed by atoms with Crippen molar-refractivity contribution in [2.45, 2.75) is 238 Å². The van der Waals surface area contributed by atoms with Crippen LogP contribution in [0.2, 0.25) is 0 Å². The van der Waals surface area contributed by atoms with Crippen molar-refractivity contribution in [2.24, 2.45) is 28.1 Å². The van der Waals surface area contributed by atoms with Crippen LogP contribution in [0.5, 0.6) is 0 Å².